The molecule has 3 heteroatoms. The molecular formula is C15H16N2O. The van der Waals surface area contributed by atoms with E-state index in [2.05, 4.69) is 4.98 Å². The van der Waals surface area contributed by atoms with Crippen molar-refractivity contribution in [2.24, 2.45) is 5.73 Å². The van der Waals surface area contributed by atoms with E-state index in [1.54, 1.807) is 6.20 Å². The Kier molecular flexibility index (Phi) is 2.63. The van der Waals surface area contributed by atoms with Gasteiger partial charge in [0.05, 0.1) is 11.1 Å². The van der Waals surface area contributed by atoms with Crippen LogP contribution in [0.2, 0.25) is 0 Å². The summed E-state index contributed by atoms with van der Waals surface area (Å²) in [5, 5.41) is 0.991. The fourth-order valence-corrected chi connectivity index (χ4v) is 2.72. The molecule has 18 heavy (non-hydrogen) atoms. The third-order valence-electron chi connectivity index (χ3n) is 3.80. The highest BCUT2D eigenvalue weighted by Crippen LogP contribution is 2.30. The van der Waals surface area contributed by atoms with Gasteiger partial charge in [-0.2, -0.15) is 0 Å². The van der Waals surface area contributed by atoms with E-state index in [4.69, 9.17) is 5.73 Å². The summed E-state index contributed by atoms with van der Waals surface area (Å²) in [5.41, 5.74) is 7.08. The third-order valence-corrected chi connectivity index (χ3v) is 3.80. The van der Waals surface area contributed by atoms with Crippen LogP contribution in [0.25, 0.3) is 10.9 Å². The van der Waals surface area contributed by atoms with E-state index in [9.17, 15) is 4.79 Å². The van der Waals surface area contributed by atoms with Crippen LogP contribution < -0.4 is 5.73 Å². The smallest absolute Gasteiger partial charge is 0.184 e. The number of pyridine rings is 1. The Balaban J connectivity index is 2.01. The second kappa shape index (κ2) is 4.18. The maximum Gasteiger partial charge on any atom is 0.184 e. The number of benzene rings is 1. The van der Waals surface area contributed by atoms with Crippen molar-refractivity contribution in [3.05, 3.63) is 42.1 Å². The van der Waals surface area contributed by atoms with Gasteiger partial charge >= 0.3 is 0 Å². The van der Waals surface area contributed by atoms with E-state index < -0.39 is 5.54 Å². The minimum Gasteiger partial charge on any atom is -0.319 e. The van der Waals surface area contributed by atoms with Gasteiger partial charge in [-0.05, 0) is 25.0 Å². The predicted octanol–water partition coefficient (Wildman–Crippen LogP) is 2.69. The van der Waals surface area contributed by atoms with Crippen LogP contribution in [-0.2, 0) is 0 Å². The van der Waals surface area contributed by atoms with Crippen molar-refractivity contribution in [3.63, 3.8) is 0 Å². The second-order valence-corrected chi connectivity index (χ2v) is 5.11. The first kappa shape index (κ1) is 11.4. The zero-order chi connectivity index (χ0) is 12.6. The largest absolute Gasteiger partial charge is 0.319 e. The van der Waals surface area contributed by atoms with Gasteiger partial charge in [0.2, 0.25) is 0 Å². The van der Waals surface area contributed by atoms with Crippen LogP contribution in [-0.4, -0.2) is 16.3 Å². The lowest BCUT2D eigenvalue weighted by Crippen LogP contribution is -2.45. The van der Waals surface area contributed by atoms with Gasteiger partial charge in [0.15, 0.2) is 5.78 Å². The lowest BCUT2D eigenvalue weighted by atomic mass is 9.89. The topological polar surface area (TPSA) is 56.0 Å². The molecule has 2 aromatic rings. The van der Waals surface area contributed by atoms with E-state index in [0.29, 0.717) is 5.56 Å². The van der Waals surface area contributed by atoms with Crippen LogP contribution >= 0.6 is 0 Å². The monoisotopic (exact) mass is 240 g/mol. The molecule has 1 aliphatic carbocycles. The number of Topliss-reactive ketones (excluding diaryl/α,β-unsaturated/α-hetero) is 1. The highest BCUT2D eigenvalue weighted by atomic mass is 16.1. The van der Waals surface area contributed by atoms with Crippen LogP contribution in [0.5, 0.6) is 0 Å². The summed E-state index contributed by atoms with van der Waals surface area (Å²) in [6, 6.07) is 9.70. The number of hydrogen-bond acceptors (Lipinski definition) is 3. The molecule has 1 aromatic carbocycles. The molecule has 1 aromatic heterocycles. The maximum atomic E-state index is 12.4. The van der Waals surface area contributed by atoms with Crippen molar-refractivity contribution >= 4 is 16.7 Å². The van der Waals surface area contributed by atoms with Crippen molar-refractivity contribution in [3.8, 4) is 0 Å². The number of aromatic nitrogens is 1. The molecule has 0 aliphatic heterocycles. The van der Waals surface area contributed by atoms with Crippen LogP contribution in [0.15, 0.2) is 36.5 Å². The summed E-state index contributed by atoms with van der Waals surface area (Å²) in [5.74, 6) is 0.0400. The molecule has 1 fully saturated rings. The Morgan fingerprint density at radius 2 is 1.94 bits per heavy atom. The van der Waals surface area contributed by atoms with Gasteiger partial charge in [-0.25, -0.2) is 0 Å². The van der Waals surface area contributed by atoms with Crippen molar-refractivity contribution < 1.29 is 4.79 Å². The van der Waals surface area contributed by atoms with E-state index in [-0.39, 0.29) is 5.78 Å². The number of carbonyl (C=O) groups is 1. The molecule has 0 unspecified atom stereocenters. The van der Waals surface area contributed by atoms with Crippen LogP contribution in [0.1, 0.15) is 36.0 Å². The molecule has 92 valence electrons. The molecule has 3 rings (SSSR count). The van der Waals surface area contributed by atoms with Crippen LogP contribution in [0.4, 0.5) is 0 Å². The second-order valence-electron chi connectivity index (χ2n) is 5.11. The molecule has 3 nitrogen and oxygen atoms in total. The maximum absolute atomic E-state index is 12.4. The zero-order valence-electron chi connectivity index (χ0n) is 10.2. The minimum absolute atomic E-state index is 0.0400. The average Bonchev–Trinajstić information content (AvgIpc) is 2.85. The first-order chi connectivity index (χ1) is 8.69. The van der Waals surface area contributed by atoms with Gasteiger partial charge in [0, 0.05) is 17.1 Å². The number of carbonyl (C=O) groups excluding carboxylic acids is 1. The lowest BCUT2D eigenvalue weighted by molar-refractivity contribution is 0.0892. The molecule has 2 N–H and O–H groups in total. The van der Waals surface area contributed by atoms with Gasteiger partial charge in [-0.15, -0.1) is 0 Å². The average molecular weight is 240 g/mol. The molecule has 0 atom stereocenters. The van der Waals surface area contributed by atoms with Crippen LogP contribution in [0.3, 0.4) is 0 Å². The number of nitrogens with zero attached hydrogens (tertiary/aromatic N) is 1. The number of ketones is 1. The van der Waals surface area contributed by atoms with Crippen molar-refractivity contribution in [2.75, 3.05) is 0 Å². The van der Waals surface area contributed by atoms with Crippen molar-refractivity contribution in [2.45, 2.75) is 31.2 Å². The summed E-state index contributed by atoms with van der Waals surface area (Å²) < 4.78 is 0. The lowest BCUT2D eigenvalue weighted by Gasteiger charge is -2.21. The number of nitrogens with two attached hydrogens (primary N) is 1. The number of hydrogen-bond donors (Lipinski definition) is 1. The first-order valence-corrected chi connectivity index (χ1v) is 6.38. The molecule has 0 bridgehead atoms. The van der Waals surface area contributed by atoms with Crippen molar-refractivity contribution in [1.82, 2.24) is 4.98 Å². The highest BCUT2D eigenvalue weighted by molar-refractivity contribution is 6.04. The molecule has 0 radical (unpaired) electrons. The summed E-state index contributed by atoms with van der Waals surface area (Å²) in [6.45, 7) is 0. The molecule has 1 heterocycles. The molecule has 0 saturated heterocycles. The SMILES string of the molecule is NC1(C(=O)c2cnc3ccccc3c2)CCCC1. The van der Waals surface area contributed by atoms with Gasteiger partial charge in [-0.3, -0.25) is 9.78 Å². The Morgan fingerprint density at radius 3 is 2.72 bits per heavy atom. The number of para-hydroxylation sites is 1. The zero-order valence-corrected chi connectivity index (χ0v) is 10.2. The summed E-state index contributed by atoms with van der Waals surface area (Å²) in [7, 11) is 0. The first-order valence-electron chi connectivity index (χ1n) is 6.38. The van der Waals surface area contributed by atoms with E-state index in [1.165, 1.54) is 0 Å². The van der Waals surface area contributed by atoms with E-state index in [0.717, 1.165) is 36.6 Å². The standard InChI is InChI=1S/C15H16N2O/c16-15(7-3-4-8-15)14(18)12-9-11-5-1-2-6-13(11)17-10-12/h1-2,5-6,9-10H,3-4,7-8,16H2. The Morgan fingerprint density at radius 1 is 1.22 bits per heavy atom. The molecule has 1 saturated carbocycles. The number of rotatable bonds is 2. The van der Waals surface area contributed by atoms with E-state index in [1.807, 2.05) is 30.3 Å². The summed E-state index contributed by atoms with van der Waals surface area (Å²) >= 11 is 0. The van der Waals surface area contributed by atoms with Crippen molar-refractivity contribution in [1.29, 1.82) is 0 Å². The molecular weight excluding hydrogens is 224 g/mol. The van der Waals surface area contributed by atoms with Gasteiger partial charge in [-0.1, -0.05) is 31.0 Å². The third kappa shape index (κ3) is 1.81. The molecule has 0 spiro atoms. The van der Waals surface area contributed by atoms with E-state index >= 15 is 0 Å². The molecule has 1 aliphatic rings. The van der Waals surface area contributed by atoms with Crippen LogP contribution in [0, 0.1) is 0 Å². The normalized spacial score (nSPS) is 18.1. The summed E-state index contributed by atoms with van der Waals surface area (Å²) in [6.07, 6.45) is 5.32. The summed E-state index contributed by atoms with van der Waals surface area (Å²) in [4.78, 5) is 16.8. The Hall–Kier alpha value is -1.74. The minimum atomic E-state index is -0.663. The fourth-order valence-electron chi connectivity index (χ4n) is 2.72. The highest BCUT2D eigenvalue weighted by Gasteiger charge is 2.37. The number of fused-ring (bicyclic) bond motifs is 1. The Bertz CT molecular complexity index is 600. The van der Waals surface area contributed by atoms with Gasteiger partial charge < -0.3 is 5.73 Å². The molecule has 0 amide bonds. The van der Waals surface area contributed by atoms with Gasteiger partial charge in [0.25, 0.3) is 0 Å². The van der Waals surface area contributed by atoms with Gasteiger partial charge in [0.1, 0.15) is 0 Å². The predicted molar refractivity (Wildman–Crippen MR) is 71.5 cm³/mol. The quantitative estimate of drug-likeness (QED) is 0.821. The fraction of sp³-hybridized carbons (Fsp3) is 0.333. The Labute approximate surface area is 106 Å².